The number of nitrogens with one attached hydrogen (secondary N) is 4. The van der Waals surface area contributed by atoms with Crippen LogP contribution in [0.4, 0.5) is 11.6 Å². The summed E-state index contributed by atoms with van der Waals surface area (Å²) in [6, 6.07) is 18.2. The third-order valence-electron chi connectivity index (χ3n) is 13.5. The van der Waals surface area contributed by atoms with E-state index in [-0.39, 0.29) is 67.9 Å². The molecule has 10 atom stereocenters. The Morgan fingerprint density at radius 2 is 1.29 bits per heavy atom. The highest BCUT2D eigenvalue weighted by molar-refractivity contribution is 8.09. The van der Waals surface area contributed by atoms with Crippen LogP contribution in [0.2, 0.25) is 18.1 Å². The molecule has 23 nitrogen and oxygen atoms in total. The van der Waals surface area contributed by atoms with Crippen molar-refractivity contribution in [3.05, 3.63) is 109 Å². The Bertz CT molecular complexity index is 3230. The lowest BCUT2D eigenvalue weighted by atomic mass is 10.00. The van der Waals surface area contributed by atoms with E-state index >= 15 is 0 Å². The van der Waals surface area contributed by atoms with Gasteiger partial charge < -0.3 is 47.5 Å². The van der Waals surface area contributed by atoms with Gasteiger partial charge in [0.1, 0.15) is 43.8 Å². The van der Waals surface area contributed by atoms with Gasteiger partial charge in [0.05, 0.1) is 57.0 Å². The minimum atomic E-state index is -3.64. The van der Waals surface area contributed by atoms with Crippen molar-refractivity contribution in [2.24, 2.45) is 5.92 Å². The molecule has 6 aromatic rings. The van der Waals surface area contributed by atoms with E-state index in [1.165, 1.54) is 12.7 Å². The van der Waals surface area contributed by atoms with E-state index in [4.69, 9.17) is 67.2 Å². The standard InChI is InChI=1S/C47H56N14O9P2S2Si/c1-29-34-32(68-45(29)60-27-54-36-39(50-25-52-41(36)60)56-43(62)30-15-10-8-11-16-30)23-66-72(74,64-21-14-19-48)59-35-33(24-67-71(73,58-34)65-22-20-49-5)69-46(38(35)70-75(6,7)47(2,3)4)61-28-55-37-40(51-26-53-42(37)61)57-44(63)31-17-12-9-13-18-31/h8-13,15-18,25-29,32-35,38,45-46H,14,20-24H2,1-4,6-7H3,(H,58,73)(H,59,74)(H,50,52,56,62)(H,51,53,57,63)/t29-,32-,33-,34+,35-,38-,45-,46-,71?,72?/m1/s1. The minimum absolute atomic E-state index is 0.0140. The van der Waals surface area contributed by atoms with Crippen LogP contribution >= 0.6 is 13.3 Å². The number of fused-ring (bicyclic) bond motifs is 4. The quantitative estimate of drug-likeness (QED) is 0.0362. The Labute approximate surface area is 444 Å². The van der Waals surface area contributed by atoms with Crippen LogP contribution < -0.4 is 20.8 Å². The maximum atomic E-state index is 13.4. The molecule has 2 aromatic carbocycles. The number of imidazole rings is 2. The maximum Gasteiger partial charge on any atom is 0.261 e. The summed E-state index contributed by atoms with van der Waals surface area (Å²) in [5.41, 5.74) is 2.24. The van der Waals surface area contributed by atoms with E-state index in [9.17, 15) is 14.9 Å². The van der Waals surface area contributed by atoms with Crippen molar-refractivity contribution in [1.29, 1.82) is 5.26 Å². The number of hydrogen-bond donors (Lipinski definition) is 4. The van der Waals surface area contributed by atoms with Gasteiger partial charge in [0.25, 0.3) is 25.1 Å². The molecule has 3 saturated heterocycles. The number of carbonyl (C=O) groups excluding carboxylic acids is 2. The zero-order valence-electron chi connectivity index (χ0n) is 41.8. The van der Waals surface area contributed by atoms with Gasteiger partial charge in [-0.1, -0.05) is 64.1 Å². The second kappa shape index (κ2) is 22.7. The normalized spacial score (nSPS) is 27.3. The van der Waals surface area contributed by atoms with E-state index in [2.05, 4.69) is 90.5 Å². The first-order chi connectivity index (χ1) is 35.9. The van der Waals surface area contributed by atoms with Crippen molar-refractivity contribution in [3.63, 3.8) is 0 Å². The monoisotopic (exact) mass is 1110 g/mol. The van der Waals surface area contributed by atoms with Gasteiger partial charge in [0, 0.05) is 17.0 Å². The lowest BCUT2D eigenvalue weighted by Gasteiger charge is -2.41. The van der Waals surface area contributed by atoms with E-state index in [1.54, 1.807) is 70.3 Å². The molecule has 3 aliphatic heterocycles. The lowest BCUT2D eigenvalue weighted by molar-refractivity contribution is -0.0441. The number of anilines is 2. The molecule has 75 heavy (non-hydrogen) atoms. The zero-order chi connectivity index (χ0) is 53.1. The summed E-state index contributed by atoms with van der Waals surface area (Å²) in [5, 5.41) is 22.2. The van der Waals surface area contributed by atoms with Gasteiger partial charge in [0.2, 0.25) is 6.54 Å². The molecule has 4 aromatic heterocycles. The van der Waals surface area contributed by atoms with Crippen LogP contribution in [0.5, 0.6) is 0 Å². The number of hydrogen-bond acceptors (Lipinski definition) is 18. The summed E-state index contributed by atoms with van der Waals surface area (Å²) >= 11 is 12.7. The molecule has 0 bridgehead atoms. The smallest absolute Gasteiger partial charge is 0.261 e. The molecular weight excluding hydrogens is 1060 g/mol. The number of carbonyl (C=O) groups is 2. The van der Waals surface area contributed by atoms with Crippen molar-refractivity contribution in [2.45, 2.75) is 95.1 Å². The SMILES string of the molecule is [C-]#[N+]CCOP1(=S)N[C@H]2[C@@H](C)[C@H](n3cnc4c(NC(=O)c5ccccc5)ncnc43)O[C@@H]2COP(=S)(OCCC#N)N[C@H]2[C@@H](O[Si](C)(C)C(C)(C)C)[C@H](n3cnc4c(NC(=O)c5ccccc5)ncnc43)O[C@@H]2CO1. The molecule has 2 amide bonds. The predicted molar refractivity (Wildman–Crippen MR) is 286 cm³/mol. The van der Waals surface area contributed by atoms with Gasteiger partial charge in [-0.15, -0.1) is 0 Å². The molecule has 2 unspecified atom stereocenters. The van der Waals surface area contributed by atoms with Crippen LogP contribution in [-0.2, 0) is 55.6 Å². The number of benzene rings is 2. The molecule has 4 N–H and O–H groups in total. The first kappa shape index (κ1) is 54.4. The largest absolute Gasteiger partial charge is 0.408 e. The third-order valence-corrected chi connectivity index (χ3v) is 23.1. The van der Waals surface area contributed by atoms with E-state index < -0.39 is 70.4 Å². The van der Waals surface area contributed by atoms with Crippen molar-refractivity contribution in [3.8, 4) is 6.07 Å². The highest BCUT2D eigenvalue weighted by Gasteiger charge is 2.54. The Balaban J connectivity index is 1.08. The second-order valence-corrected chi connectivity index (χ2v) is 30.6. The Kier molecular flexibility index (Phi) is 16.5. The van der Waals surface area contributed by atoms with Crippen molar-refractivity contribution in [2.75, 3.05) is 43.6 Å². The molecule has 0 aliphatic carbocycles. The summed E-state index contributed by atoms with van der Waals surface area (Å²) in [4.78, 5) is 57.3. The fraction of sp³-hybridized carbons (Fsp3) is 0.447. The topological polar surface area (TPSA) is 262 Å². The van der Waals surface area contributed by atoms with Crippen LogP contribution in [0.3, 0.4) is 0 Å². The first-order valence-electron chi connectivity index (χ1n) is 24.0. The maximum absolute atomic E-state index is 13.4. The van der Waals surface area contributed by atoms with E-state index in [0.29, 0.717) is 33.5 Å². The van der Waals surface area contributed by atoms with Crippen molar-refractivity contribution < 1.29 is 41.6 Å². The highest BCUT2D eigenvalue weighted by atomic mass is 32.5. The number of rotatable bonds is 14. The molecular formula is C47H56N14O9P2S2Si. The Hall–Kier alpha value is -5.38. The third kappa shape index (κ3) is 11.8. The highest BCUT2D eigenvalue weighted by Crippen LogP contribution is 2.54. The number of ether oxygens (including phenoxy) is 2. The van der Waals surface area contributed by atoms with Gasteiger partial charge in [-0.25, -0.2) is 46.7 Å². The van der Waals surface area contributed by atoms with Crippen LogP contribution in [-0.4, -0.2) is 123 Å². The number of amides is 2. The first-order valence-corrected chi connectivity index (χ1v) is 32.2. The summed E-state index contributed by atoms with van der Waals surface area (Å²) in [7, 11) is -2.71. The second-order valence-electron chi connectivity index (χ2n) is 19.4. The molecule has 0 radical (unpaired) electrons. The molecule has 7 heterocycles. The summed E-state index contributed by atoms with van der Waals surface area (Å²) < 4.78 is 51.1. The van der Waals surface area contributed by atoms with Crippen molar-refractivity contribution >= 4 is 91.0 Å². The molecule has 3 fully saturated rings. The predicted octanol–water partition coefficient (Wildman–Crippen LogP) is 7.27. The van der Waals surface area contributed by atoms with Gasteiger partial charge in [-0.2, -0.15) is 5.26 Å². The Morgan fingerprint density at radius 3 is 1.81 bits per heavy atom. The van der Waals surface area contributed by atoms with E-state index in [1.807, 2.05) is 19.1 Å². The average molecular weight is 1120 g/mol. The van der Waals surface area contributed by atoms with Gasteiger partial charge in [-0.3, -0.25) is 18.7 Å². The fourth-order valence-corrected chi connectivity index (χ4v) is 14.7. The molecule has 0 saturated carbocycles. The molecule has 3 aliphatic rings. The number of nitrogens with zero attached hydrogens (tertiary/aromatic N) is 10. The minimum Gasteiger partial charge on any atom is -0.408 e. The van der Waals surface area contributed by atoms with E-state index in [0.717, 1.165) is 0 Å². The lowest BCUT2D eigenvalue weighted by Crippen LogP contribution is -2.53. The molecule has 28 heteroatoms. The van der Waals surface area contributed by atoms with Crippen LogP contribution in [0.1, 0.15) is 67.3 Å². The van der Waals surface area contributed by atoms with Crippen LogP contribution in [0.15, 0.2) is 86.0 Å². The van der Waals surface area contributed by atoms with Gasteiger partial charge in [0.15, 0.2) is 48.5 Å². The summed E-state index contributed by atoms with van der Waals surface area (Å²) in [6.45, 7) is 12.5. The molecule has 9 rings (SSSR count). The summed E-state index contributed by atoms with van der Waals surface area (Å²) in [6.07, 6.45) is 1.58. The molecule has 394 valence electrons. The van der Waals surface area contributed by atoms with Crippen LogP contribution in [0, 0.1) is 23.8 Å². The van der Waals surface area contributed by atoms with Gasteiger partial charge >= 0.3 is 0 Å². The molecule has 0 spiro atoms. The average Bonchev–Trinajstić information content (AvgIpc) is 4.17. The number of aromatic nitrogens is 8. The van der Waals surface area contributed by atoms with Gasteiger partial charge in [-0.05, 0) is 66.0 Å². The number of nitriles is 1. The fourth-order valence-electron chi connectivity index (χ4n) is 8.62. The zero-order valence-corrected chi connectivity index (χ0v) is 46.2. The summed E-state index contributed by atoms with van der Waals surface area (Å²) in [5.74, 6) is -0.767. The van der Waals surface area contributed by atoms with Crippen LogP contribution in [0.25, 0.3) is 27.2 Å². The van der Waals surface area contributed by atoms with Crippen molar-refractivity contribution in [1.82, 2.24) is 49.2 Å². The Morgan fingerprint density at radius 1 is 0.800 bits per heavy atom.